The van der Waals surface area contributed by atoms with E-state index < -0.39 is 0 Å². The summed E-state index contributed by atoms with van der Waals surface area (Å²) in [5.74, 6) is 0.200. The second-order valence-corrected chi connectivity index (χ2v) is 2.85. The fourth-order valence-electron chi connectivity index (χ4n) is 0.743. The molecular formula is C9H17ClO4. The van der Waals surface area contributed by atoms with Gasteiger partial charge in [0.25, 0.3) is 0 Å². The lowest BCUT2D eigenvalue weighted by atomic mass is 10.5. The van der Waals surface area contributed by atoms with Crippen molar-refractivity contribution in [2.45, 2.75) is 13.3 Å². The largest absolute Gasteiger partial charge is 0.463 e. The van der Waals surface area contributed by atoms with Crippen LogP contribution in [0, 0.1) is 0 Å². The molecule has 0 aromatic rings. The molecule has 0 bridgehead atoms. The van der Waals surface area contributed by atoms with Crippen LogP contribution in [-0.4, -0.2) is 44.9 Å². The van der Waals surface area contributed by atoms with Gasteiger partial charge in [0.05, 0.1) is 26.2 Å². The summed E-state index contributed by atoms with van der Waals surface area (Å²) in [5.41, 5.74) is 0. The lowest BCUT2D eigenvalue weighted by molar-refractivity contribution is -0.146. The zero-order valence-corrected chi connectivity index (χ0v) is 9.22. The van der Waals surface area contributed by atoms with Crippen molar-refractivity contribution in [3.05, 3.63) is 0 Å². The van der Waals surface area contributed by atoms with Gasteiger partial charge in [-0.1, -0.05) is 0 Å². The van der Waals surface area contributed by atoms with Crippen LogP contribution in [-0.2, 0) is 19.0 Å². The number of esters is 1. The molecule has 0 saturated heterocycles. The van der Waals surface area contributed by atoms with Crippen molar-refractivity contribution >= 4 is 17.6 Å². The molecule has 0 radical (unpaired) electrons. The molecule has 0 unspecified atom stereocenters. The molecule has 0 aliphatic carbocycles. The van der Waals surface area contributed by atoms with Crippen molar-refractivity contribution < 1.29 is 19.0 Å². The van der Waals surface area contributed by atoms with Crippen LogP contribution in [0.2, 0.25) is 0 Å². The van der Waals surface area contributed by atoms with E-state index in [1.165, 1.54) is 0 Å². The maximum Gasteiger partial charge on any atom is 0.308 e. The lowest BCUT2D eigenvalue weighted by Gasteiger charge is -2.04. The molecule has 0 saturated carbocycles. The molecule has 14 heavy (non-hydrogen) atoms. The van der Waals surface area contributed by atoms with Crippen LogP contribution in [0.3, 0.4) is 0 Å². The topological polar surface area (TPSA) is 44.8 Å². The number of hydrogen-bond acceptors (Lipinski definition) is 4. The molecule has 0 amide bonds. The highest BCUT2D eigenvalue weighted by molar-refractivity contribution is 6.17. The highest BCUT2D eigenvalue weighted by atomic mass is 35.5. The number of rotatable bonds is 9. The third-order valence-electron chi connectivity index (χ3n) is 1.37. The molecule has 0 fully saturated rings. The summed E-state index contributed by atoms with van der Waals surface area (Å²) >= 11 is 5.38. The first-order valence-electron chi connectivity index (χ1n) is 4.68. The summed E-state index contributed by atoms with van der Waals surface area (Å²) in [6, 6.07) is 0. The third-order valence-corrected chi connectivity index (χ3v) is 1.52. The summed E-state index contributed by atoms with van der Waals surface area (Å²) in [6.07, 6.45) is 0.295. The van der Waals surface area contributed by atoms with E-state index in [9.17, 15) is 4.79 Å². The molecule has 0 aliphatic heterocycles. The lowest BCUT2D eigenvalue weighted by Crippen LogP contribution is -2.13. The van der Waals surface area contributed by atoms with E-state index in [-0.39, 0.29) is 12.6 Å². The number of alkyl halides is 1. The van der Waals surface area contributed by atoms with Crippen molar-refractivity contribution in [2.75, 3.05) is 38.9 Å². The van der Waals surface area contributed by atoms with Gasteiger partial charge in [0.2, 0.25) is 0 Å². The number of carbonyl (C=O) groups excluding carboxylic acids is 1. The molecule has 0 atom stereocenters. The Labute approximate surface area is 89.5 Å². The second-order valence-electron chi connectivity index (χ2n) is 2.47. The van der Waals surface area contributed by atoms with Gasteiger partial charge in [0.15, 0.2) is 0 Å². The van der Waals surface area contributed by atoms with E-state index in [0.29, 0.717) is 38.7 Å². The molecule has 0 aliphatic rings. The Balaban J connectivity index is 3.10. The summed E-state index contributed by atoms with van der Waals surface area (Å²) in [7, 11) is 0. The molecule has 0 N–H and O–H groups in total. The van der Waals surface area contributed by atoms with Gasteiger partial charge in [-0.25, -0.2) is 0 Å². The van der Waals surface area contributed by atoms with Gasteiger partial charge in [-0.05, 0) is 6.92 Å². The predicted octanol–water partition coefficient (Wildman–Crippen LogP) is 1.21. The Morgan fingerprint density at radius 2 is 1.93 bits per heavy atom. The third kappa shape index (κ3) is 9.77. The van der Waals surface area contributed by atoms with Gasteiger partial charge >= 0.3 is 5.97 Å². The van der Waals surface area contributed by atoms with Crippen LogP contribution < -0.4 is 0 Å². The Morgan fingerprint density at radius 1 is 1.14 bits per heavy atom. The first-order valence-corrected chi connectivity index (χ1v) is 5.21. The van der Waals surface area contributed by atoms with E-state index in [1.807, 2.05) is 6.92 Å². The van der Waals surface area contributed by atoms with Gasteiger partial charge in [-0.15, -0.1) is 11.6 Å². The van der Waals surface area contributed by atoms with E-state index in [2.05, 4.69) is 0 Å². The molecule has 4 nitrogen and oxygen atoms in total. The SMILES string of the molecule is CCOCCC(=O)OCCOCCCl. The summed E-state index contributed by atoms with van der Waals surface area (Å²) in [4.78, 5) is 11.0. The first kappa shape index (κ1) is 13.7. The number of carbonyl (C=O) groups is 1. The fourth-order valence-corrected chi connectivity index (χ4v) is 0.852. The molecule has 0 heterocycles. The average Bonchev–Trinajstić information content (AvgIpc) is 2.18. The van der Waals surface area contributed by atoms with Gasteiger partial charge < -0.3 is 14.2 Å². The Morgan fingerprint density at radius 3 is 2.57 bits per heavy atom. The molecule has 5 heteroatoms. The smallest absolute Gasteiger partial charge is 0.308 e. The molecule has 0 aromatic heterocycles. The number of ether oxygens (including phenoxy) is 3. The van der Waals surface area contributed by atoms with Crippen LogP contribution in [0.1, 0.15) is 13.3 Å². The monoisotopic (exact) mass is 224 g/mol. The van der Waals surface area contributed by atoms with Crippen molar-refractivity contribution in [1.82, 2.24) is 0 Å². The Kier molecular flexibility index (Phi) is 10.5. The minimum absolute atomic E-state index is 0.257. The van der Waals surface area contributed by atoms with Crippen LogP contribution in [0.4, 0.5) is 0 Å². The summed E-state index contributed by atoms with van der Waals surface area (Å²) in [6.45, 7) is 4.07. The van der Waals surface area contributed by atoms with E-state index in [1.54, 1.807) is 0 Å². The number of halogens is 1. The maximum absolute atomic E-state index is 11.0. The van der Waals surface area contributed by atoms with Crippen LogP contribution in [0.5, 0.6) is 0 Å². The molecule has 0 aromatic carbocycles. The summed E-state index contributed by atoms with van der Waals surface area (Å²) < 4.78 is 14.9. The predicted molar refractivity (Wildman–Crippen MR) is 53.6 cm³/mol. The van der Waals surface area contributed by atoms with Crippen LogP contribution in [0.25, 0.3) is 0 Å². The van der Waals surface area contributed by atoms with Crippen molar-refractivity contribution in [2.24, 2.45) is 0 Å². The van der Waals surface area contributed by atoms with E-state index >= 15 is 0 Å². The van der Waals surface area contributed by atoms with E-state index in [4.69, 9.17) is 25.8 Å². The van der Waals surface area contributed by atoms with Gasteiger partial charge in [0, 0.05) is 12.5 Å². The fraction of sp³-hybridized carbons (Fsp3) is 0.889. The Bertz CT molecular complexity index is 141. The van der Waals surface area contributed by atoms with Crippen molar-refractivity contribution in [3.63, 3.8) is 0 Å². The van der Waals surface area contributed by atoms with Crippen molar-refractivity contribution in [3.8, 4) is 0 Å². The zero-order chi connectivity index (χ0) is 10.6. The normalized spacial score (nSPS) is 10.1. The first-order chi connectivity index (χ1) is 6.81. The minimum Gasteiger partial charge on any atom is -0.463 e. The zero-order valence-electron chi connectivity index (χ0n) is 8.46. The highest BCUT2D eigenvalue weighted by Crippen LogP contribution is 1.89. The molecule has 0 rings (SSSR count). The van der Waals surface area contributed by atoms with Gasteiger partial charge in [-0.3, -0.25) is 4.79 Å². The summed E-state index contributed by atoms with van der Waals surface area (Å²) in [5, 5.41) is 0. The second kappa shape index (κ2) is 10.8. The highest BCUT2D eigenvalue weighted by Gasteiger charge is 2.01. The van der Waals surface area contributed by atoms with Gasteiger partial charge in [0.1, 0.15) is 6.61 Å². The van der Waals surface area contributed by atoms with Crippen molar-refractivity contribution in [1.29, 1.82) is 0 Å². The quantitative estimate of drug-likeness (QED) is 0.336. The molecule has 84 valence electrons. The van der Waals surface area contributed by atoms with E-state index in [0.717, 1.165) is 0 Å². The number of hydrogen-bond donors (Lipinski definition) is 0. The minimum atomic E-state index is -0.257. The molecule has 0 spiro atoms. The standard InChI is InChI=1S/C9H17ClO4/c1-2-12-5-3-9(11)14-8-7-13-6-4-10/h2-8H2,1H3. The average molecular weight is 225 g/mol. The van der Waals surface area contributed by atoms with Crippen LogP contribution in [0.15, 0.2) is 0 Å². The maximum atomic E-state index is 11.0. The van der Waals surface area contributed by atoms with Gasteiger partial charge in [-0.2, -0.15) is 0 Å². The van der Waals surface area contributed by atoms with Crippen LogP contribution >= 0.6 is 11.6 Å². The Hall–Kier alpha value is -0.320. The molecular weight excluding hydrogens is 208 g/mol.